The lowest BCUT2D eigenvalue weighted by molar-refractivity contribution is 0.628. The maximum atomic E-state index is 6.19. The monoisotopic (exact) mass is 392 g/mol. The summed E-state index contributed by atoms with van der Waals surface area (Å²) in [5.41, 5.74) is 1.07. The first-order chi connectivity index (χ1) is 8.56. The number of rotatable bonds is 4. The predicted molar refractivity (Wildman–Crippen MR) is 85.4 cm³/mol. The van der Waals surface area contributed by atoms with E-state index in [0.717, 1.165) is 27.9 Å². The van der Waals surface area contributed by atoms with Gasteiger partial charge < -0.3 is 0 Å². The largest absolute Gasteiger partial charge is 0.236 e. The zero-order chi connectivity index (χ0) is 13.1. The van der Waals surface area contributed by atoms with E-state index >= 15 is 0 Å². The molecule has 0 aliphatic carbocycles. The molecule has 2 aromatic rings. The van der Waals surface area contributed by atoms with Crippen molar-refractivity contribution in [2.75, 3.05) is 0 Å². The van der Waals surface area contributed by atoms with Crippen LogP contribution in [0, 0.1) is 9.49 Å². The molecule has 2 heterocycles. The number of aromatic nitrogens is 2. The molecule has 18 heavy (non-hydrogen) atoms. The Balaban J connectivity index is 2.28. The summed E-state index contributed by atoms with van der Waals surface area (Å²) < 4.78 is 0.984. The summed E-state index contributed by atoms with van der Waals surface area (Å²) >= 11 is 10.1. The van der Waals surface area contributed by atoms with Gasteiger partial charge in [-0.2, -0.15) is 0 Å². The first-order valence-corrected chi connectivity index (χ1v) is 8.13. The van der Waals surface area contributed by atoms with Crippen molar-refractivity contribution in [2.45, 2.75) is 26.7 Å². The van der Waals surface area contributed by atoms with E-state index in [2.05, 4.69) is 57.9 Å². The van der Waals surface area contributed by atoms with Gasteiger partial charge in [-0.15, -0.1) is 11.3 Å². The summed E-state index contributed by atoms with van der Waals surface area (Å²) in [6.45, 7) is 4.37. The van der Waals surface area contributed by atoms with Crippen LogP contribution < -0.4 is 0 Å². The summed E-state index contributed by atoms with van der Waals surface area (Å²) in [5.74, 6) is 1.39. The second-order valence-corrected chi connectivity index (χ2v) is 7.01. The molecule has 0 spiro atoms. The zero-order valence-electron chi connectivity index (χ0n) is 10.3. The van der Waals surface area contributed by atoms with Crippen molar-refractivity contribution in [3.63, 3.8) is 0 Å². The smallest absolute Gasteiger partial charge is 0.146 e. The average molecular weight is 393 g/mol. The molecular weight excluding hydrogens is 379 g/mol. The zero-order valence-corrected chi connectivity index (χ0v) is 14.0. The van der Waals surface area contributed by atoms with Gasteiger partial charge in [-0.05, 0) is 46.4 Å². The van der Waals surface area contributed by atoms with Gasteiger partial charge in [0.15, 0.2) is 0 Å². The fourth-order valence-corrected chi connectivity index (χ4v) is 3.05. The Kier molecular flexibility index (Phi) is 4.98. The fourth-order valence-electron chi connectivity index (χ4n) is 1.68. The number of thiophene rings is 1. The molecule has 0 atom stereocenters. The first kappa shape index (κ1) is 14.2. The molecule has 2 rings (SSSR count). The third-order valence-electron chi connectivity index (χ3n) is 2.44. The lowest BCUT2D eigenvalue weighted by Gasteiger charge is -2.09. The van der Waals surface area contributed by atoms with Crippen LogP contribution in [0.15, 0.2) is 17.5 Å². The molecule has 0 bridgehead atoms. The Labute approximate surface area is 130 Å². The third-order valence-corrected chi connectivity index (χ3v) is 5.04. The summed E-state index contributed by atoms with van der Waals surface area (Å²) in [6, 6.07) is 4.14. The molecule has 96 valence electrons. The Morgan fingerprint density at radius 3 is 2.78 bits per heavy atom. The van der Waals surface area contributed by atoms with Crippen molar-refractivity contribution >= 4 is 45.5 Å². The van der Waals surface area contributed by atoms with Gasteiger partial charge in [-0.25, -0.2) is 9.97 Å². The summed E-state index contributed by atoms with van der Waals surface area (Å²) in [7, 11) is 0. The average Bonchev–Trinajstić information content (AvgIpc) is 2.77. The van der Waals surface area contributed by atoms with Crippen LogP contribution in [-0.4, -0.2) is 9.97 Å². The van der Waals surface area contributed by atoms with Crippen molar-refractivity contribution in [3.8, 4) is 0 Å². The van der Waals surface area contributed by atoms with E-state index in [1.807, 2.05) is 6.07 Å². The molecule has 0 N–H and O–H groups in total. The van der Waals surface area contributed by atoms with Gasteiger partial charge in [-0.3, -0.25) is 0 Å². The van der Waals surface area contributed by atoms with Crippen molar-refractivity contribution in [1.29, 1.82) is 0 Å². The minimum absolute atomic E-state index is 0.569. The number of halogens is 2. The lowest BCUT2D eigenvalue weighted by Crippen LogP contribution is -2.06. The van der Waals surface area contributed by atoms with Crippen molar-refractivity contribution in [3.05, 3.63) is 42.6 Å². The Bertz CT molecular complexity index is 526. The van der Waals surface area contributed by atoms with E-state index in [1.54, 1.807) is 11.3 Å². The Hall–Kier alpha value is -0.200. The summed E-state index contributed by atoms with van der Waals surface area (Å²) in [5, 5.41) is 2.64. The van der Waals surface area contributed by atoms with Gasteiger partial charge in [0.25, 0.3) is 0 Å². The number of hydrogen-bond acceptors (Lipinski definition) is 3. The van der Waals surface area contributed by atoms with Crippen LogP contribution in [0.1, 0.15) is 30.2 Å². The first-order valence-electron chi connectivity index (χ1n) is 5.79. The minimum atomic E-state index is 0.569. The third kappa shape index (κ3) is 3.65. The van der Waals surface area contributed by atoms with Crippen LogP contribution in [0.5, 0.6) is 0 Å². The van der Waals surface area contributed by atoms with Crippen LogP contribution in [0.25, 0.3) is 0 Å². The molecule has 0 unspecified atom stereocenters. The summed E-state index contributed by atoms with van der Waals surface area (Å²) in [6.07, 6.45) is 1.71. The Morgan fingerprint density at radius 1 is 1.39 bits per heavy atom. The van der Waals surface area contributed by atoms with Crippen LogP contribution in [-0.2, 0) is 12.8 Å². The molecular formula is C13H14ClIN2S. The lowest BCUT2D eigenvalue weighted by atomic mass is 10.1. The SMILES string of the molecule is CC(C)Cc1nc(Cc2cccs2)nc(Cl)c1I. The molecule has 0 amide bonds. The van der Waals surface area contributed by atoms with E-state index in [9.17, 15) is 0 Å². The second kappa shape index (κ2) is 6.30. The molecule has 5 heteroatoms. The summed E-state index contributed by atoms with van der Waals surface area (Å²) in [4.78, 5) is 10.3. The van der Waals surface area contributed by atoms with E-state index in [0.29, 0.717) is 11.1 Å². The molecule has 2 nitrogen and oxygen atoms in total. The molecule has 2 aromatic heterocycles. The Morgan fingerprint density at radius 2 is 2.17 bits per heavy atom. The molecule has 0 saturated carbocycles. The standard InChI is InChI=1S/C13H14ClIN2S/c1-8(2)6-10-12(15)13(14)17-11(16-10)7-9-4-3-5-18-9/h3-5,8H,6-7H2,1-2H3. The van der Waals surface area contributed by atoms with Gasteiger partial charge >= 0.3 is 0 Å². The molecule has 0 saturated heterocycles. The van der Waals surface area contributed by atoms with Gasteiger partial charge in [0, 0.05) is 11.3 Å². The fraction of sp³-hybridized carbons (Fsp3) is 0.385. The highest BCUT2D eigenvalue weighted by molar-refractivity contribution is 14.1. The van der Waals surface area contributed by atoms with Gasteiger partial charge in [0.05, 0.1) is 9.26 Å². The topological polar surface area (TPSA) is 25.8 Å². The van der Waals surface area contributed by atoms with E-state index in [1.165, 1.54) is 4.88 Å². The molecule has 0 aromatic carbocycles. The van der Waals surface area contributed by atoms with E-state index < -0.39 is 0 Å². The molecule has 0 aliphatic heterocycles. The highest BCUT2D eigenvalue weighted by Gasteiger charge is 2.12. The van der Waals surface area contributed by atoms with Crippen LogP contribution >= 0.6 is 45.5 Å². The normalized spacial score (nSPS) is 11.2. The van der Waals surface area contributed by atoms with E-state index in [-0.39, 0.29) is 0 Å². The van der Waals surface area contributed by atoms with Gasteiger partial charge in [0.2, 0.25) is 0 Å². The highest BCUT2D eigenvalue weighted by atomic mass is 127. The van der Waals surface area contributed by atoms with Gasteiger partial charge in [0.1, 0.15) is 11.0 Å². The maximum absolute atomic E-state index is 6.19. The quantitative estimate of drug-likeness (QED) is 0.562. The highest BCUT2D eigenvalue weighted by Crippen LogP contribution is 2.23. The van der Waals surface area contributed by atoms with Crippen LogP contribution in [0.3, 0.4) is 0 Å². The number of hydrogen-bond donors (Lipinski definition) is 0. The molecule has 0 aliphatic rings. The van der Waals surface area contributed by atoms with Crippen LogP contribution in [0.4, 0.5) is 0 Å². The molecule has 0 fully saturated rings. The minimum Gasteiger partial charge on any atom is -0.236 e. The van der Waals surface area contributed by atoms with E-state index in [4.69, 9.17) is 11.6 Å². The van der Waals surface area contributed by atoms with Crippen molar-refractivity contribution < 1.29 is 0 Å². The number of nitrogens with zero attached hydrogens (tertiary/aromatic N) is 2. The predicted octanol–water partition coefficient (Wildman–Crippen LogP) is 4.59. The van der Waals surface area contributed by atoms with Gasteiger partial charge in [-0.1, -0.05) is 31.5 Å². The molecule has 0 radical (unpaired) electrons. The second-order valence-electron chi connectivity index (χ2n) is 4.55. The van der Waals surface area contributed by atoms with Crippen molar-refractivity contribution in [1.82, 2.24) is 9.97 Å². The van der Waals surface area contributed by atoms with Crippen molar-refractivity contribution in [2.24, 2.45) is 5.92 Å². The maximum Gasteiger partial charge on any atom is 0.146 e. The van der Waals surface area contributed by atoms with Crippen LogP contribution in [0.2, 0.25) is 5.15 Å².